The van der Waals surface area contributed by atoms with Gasteiger partial charge in [-0.3, -0.25) is 0 Å². The number of benzene rings is 1. The highest BCUT2D eigenvalue weighted by Gasteiger charge is 2.22. The maximum Gasteiger partial charge on any atom is 0.159 e. The van der Waals surface area contributed by atoms with Crippen molar-refractivity contribution in [3.8, 4) is 0 Å². The molecule has 0 unspecified atom stereocenters. The van der Waals surface area contributed by atoms with Gasteiger partial charge in [-0.15, -0.1) is 0 Å². The van der Waals surface area contributed by atoms with Crippen LogP contribution in [0.2, 0.25) is 0 Å². The summed E-state index contributed by atoms with van der Waals surface area (Å²) in [6.07, 6.45) is 27.9. The molecule has 2 aliphatic carbocycles. The van der Waals surface area contributed by atoms with Gasteiger partial charge in [-0.25, -0.2) is 8.78 Å². The molecule has 1 aromatic rings. The molecule has 0 aromatic heterocycles. The van der Waals surface area contributed by atoms with Crippen LogP contribution < -0.4 is 0 Å². The van der Waals surface area contributed by atoms with E-state index < -0.39 is 11.6 Å². The zero-order valence-electron chi connectivity index (χ0n) is 20.5. The maximum atomic E-state index is 13.4. The Bertz CT molecular complexity index is 663. The number of unbranched alkanes of at least 4 members (excludes halogenated alkanes) is 5. The van der Waals surface area contributed by atoms with Gasteiger partial charge in [-0.1, -0.05) is 70.1 Å². The fourth-order valence-corrected chi connectivity index (χ4v) is 5.93. The van der Waals surface area contributed by atoms with Gasteiger partial charge >= 0.3 is 0 Å². The normalized spacial score (nSPS) is 26.6. The second kappa shape index (κ2) is 14.2. The Morgan fingerprint density at radius 1 is 0.688 bits per heavy atom. The van der Waals surface area contributed by atoms with E-state index in [1.807, 2.05) is 0 Å². The smallest absolute Gasteiger partial charge is 0.159 e. The van der Waals surface area contributed by atoms with E-state index in [0.717, 1.165) is 42.1 Å². The lowest BCUT2D eigenvalue weighted by molar-refractivity contribution is 0.282. The van der Waals surface area contributed by atoms with Gasteiger partial charge < -0.3 is 0 Å². The van der Waals surface area contributed by atoms with Gasteiger partial charge in [0.2, 0.25) is 0 Å². The highest BCUT2D eigenvalue weighted by molar-refractivity contribution is 5.17. The maximum absolute atomic E-state index is 13.4. The molecule has 3 rings (SSSR count). The SMILES string of the molecule is CCCCCCCC[C@H]1CC[C@H](C=C[C@H]2CC[C@H](CCc3ccc(F)c(F)c3)CC2)CC1. The Labute approximate surface area is 196 Å². The van der Waals surface area contributed by atoms with Gasteiger partial charge in [-0.05, 0) is 106 Å². The van der Waals surface area contributed by atoms with E-state index in [0.29, 0.717) is 0 Å². The van der Waals surface area contributed by atoms with Crippen molar-refractivity contribution in [2.75, 3.05) is 0 Å². The molecule has 180 valence electrons. The fourth-order valence-electron chi connectivity index (χ4n) is 5.93. The van der Waals surface area contributed by atoms with Crippen molar-refractivity contribution in [3.05, 3.63) is 47.5 Å². The van der Waals surface area contributed by atoms with Gasteiger partial charge in [0.25, 0.3) is 0 Å². The van der Waals surface area contributed by atoms with E-state index in [1.165, 1.54) is 108 Å². The summed E-state index contributed by atoms with van der Waals surface area (Å²) in [5.41, 5.74) is 0.929. The van der Waals surface area contributed by atoms with Crippen LogP contribution in [-0.4, -0.2) is 0 Å². The molecule has 2 fully saturated rings. The van der Waals surface area contributed by atoms with Gasteiger partial charge in [0, 0.05) is 0 Å². The molecule has 0 N–H and O–H groups in total. The van der Waals surface area contributed by atoms with Crippen LogP contribution in [0.15, 0.2) is 30.4 Å². The molecule has 0 saturated heterocycles. The van der Waals surface area contributed by atoms with Crippen LogP contribution in [0, 0.1) is 35.3 Å². The minimum atomic E-state index is -0.743. The first-order chi connectivity index (χ1) is 15.6. The van der Waals surface area contributed by atoms with Crippen LogP contribution in [0.25, 0.3) is 0 Å². The highest BCUT2D eigenvalue weighted by Crippen LogP contribution is 2.35. The Hall–Kier alpha value is -1.18. The number of rotatable bonds is 12. The third kappa shape index (κ3) is 8.99. The second-order valence-corrected chi connectivity index (χ2v) is 10.8. The Balaban J connectivity index is 1.25. The standard InChI is InChI=1S/C30H46F2/c1-2-3-4-5-6-7-8-24-9-11-25(12-10-24)13-14-26-15-17-27(18-16-26)19-20-28-21-22-29(31)30(32)23-28/h13-14,21-27H,2-12,15-20H2,1H3/t24-,25-,26-,27-. The molecular weight excluding hydrogens is 398 g/mol. The molecular formula is C30H46F2. The second-order valence-electron chi connectivity index (χ2n) is 10.8. The van der Waals surface area contributed by atoms with E-state index in [-0.39, 0.29) is 0 Å². The predicted molar refractivity (Wildman–Crippen MR) is 133 cm³/mol. The zero-order valence-corrected chi connectivity index (χ0v) is 20.5. The Kier molecular flexibility index (Phi) is 11.3. The summed E-state index contributed by atoms with van der Waals surface area (Å²) in [5, 5.41) is 0. The van der Waals surface area contributed by atoms with Gasteiger partial charge in [0.05, 0.1) is 0 Å². The molecule has 32 heavy (non-hydrogen) atoms. The van der Waals surface area contributed by atoms with Crippen LogP contribution in [0.4, 0.5) is 8.78 Å². The molecule has 0 atom stereocenters. The summed E-state index contributed by atoms with van der Waals surface area (Å²) >= 11 is 0. The van der Waals surface area contributed by atoms with E-state index in [4.69, 9.17) is 0 Å². The topological polar surface area (TPSA) is 0 Å². The molecule has 0 amide bonds. The summed E-state index contributed by atoms with van der Waals surface area (Å²) in [5.74, 6) is 1.86. The summed E-state index contributed by atoms with van der Waals surface area (Å²) < 4.78 is 26.5. The lowest BCUT2D eigenvalue weighted by Gasteiger charge is -2.29. The molecule has 0 bridgehead atoms. The molecule has 0 spiro atoms. The Morgan fingerprint density at radius 2 is 1.25 bits per heavy atom. The highest BCUT2D eigenvalue weighted by atomic mass is 19.2. The first kappa shape index (κ1) is 25.4. The minimum Gasteiger partial charge on any atom is -0.204 e. The van der Waals surface area contributed by atoms with Crippen molar-refractivity contribution < 1.29 is 8.78 Å². The van der Waals surface area contributed by atoms with Crippen molar-refractivity contribution in [2.24, 2.45) is 23.7 Å². The van der Waals surface area contributed by atoms with Crippen LogP contribution in [0.3, 0.4) is 0 Å². The summed E-state index contributed by atoms with van der Waals surface area (Å²) in [4.78, 5) is 0. The fraction of sp³-hybridized carbons (Fsp3) is 0.733. The number of halogens is 2. The minimum absolute atomic E-state index is 0.715. The van der Waals surface area contributed by atoms with Crippen LogP contribution >= 0.6 is 0 Å². The summed E-state index contributed by atoms with van der Waals surface area (Å²) in [6.45, 7) is 2.29. The van der Waals surface area contributed by atoms with E-state index in [1.54, 1.807) is 6.07 Å². The molecule has 2 saturated carbocycles. The monoisotopic (exact) mass is 444 g/mol. The quantitative estimate of drug-likeness (QED) is 0.222. The largest absolute Gasteiger partial charge is 0.204 e. The zero-order chi connectivity index (χ0) is 22.6. The van der Waals surface area contributed by atoms with Crippen LogP contribution in [-0.2, 0) is 6.42 Å². The number of allylic oxidation sites excluding steroid dienone is 2. The molecule has 1 aromatic carbocycles. The van der Waals surface area contributed by atoms with Crippen LogP contribution in [0.1, 0.15) is 115 Å². The van der Waals surface area contributed by atoms with E-state index in [2.05, 4.69) is 19.1 Å². The van der Waals surface area contributed by atoms with Gasteiger partial charge in [0.1, 0.15) is 0 Å². The summed E-state index contributed by atoms with van der Waals surface area (Å²) in [7, 11) is 0. The molecule has 2 aliphatic rings. The third-order valence-corrected chi connectivity index (χ3v) is 8.23. The van der Waals surface area contributed by atoms with Crippen molar-refractivity contribution >= 4 is 0 Å². The third-order valence-electron chi connectivity index (χ3n) is 8.23. The van der Waals surface area contributed by atoms with Crippen molar-refractivity contribution in [3.63, 3.8) is 0 Å². The summed E-state index contributed by atoms with van der Waals surface area (Å²) in [6, 6.07) is 4.36. The van der Waals surface area contributed by atoms with E-state index >= 15 is 0 Å². The predicted octanol–water partition coefficient (Wildman–Crippen LogP) is 9.82. The first-order valence-corrected chi connectivity index (χ1v) is 13.8. The first-order valence-electron chi connectivity index (χ1n) is 13.8. The number of aryl methyl sites for hydroxylation is 1. The van der Waals surface area contributed by atoms with Gasteiger partial charge in [0.15, 0.2) is 11.6 Å². The van der Waals surface area contributed by atoms with Crippen molar-refractivity contribution in [1.82, 2.24) is 0 Å². The number of hydrogen-bond donors (Lipinski definition) is 0. The molecule has 0 nitrogen and oxygen atoms in total. The molecule has 0 heterocycles. The Morgan fingerprint density at radius 3 is 1.84 bits per heavy atom. The molecule has 2 heteroatoms. The lowest BCUT2D eigenvalue weighted by Crippen LogP contribution is -2.15. The average Bonchev–Trinajstić information content (AvgIpc) is 2.82. The van der Waals surface area contributed by atoms with Crippen molar-refractivity contribution in [1.29, 1.82) is 0 Å². The van der Waals surface area contributed by atoms with Gasteiger partial charge in [-0.2, -0.15) is 0 Å². The lowest BCUT2D eigenvalue weighted by atomic mass is 9.77. The average molecular weight is 445 g/mol. The number of hydrogen-bond acceptors (Lipinski definition) is 0. The molecule has 0 radical (unpaired) electrons. The van der Waals surface area contributed by atoms with E-state index in [9.17, 15) is 8.78 Å². The van der Waals surface area contributed by atoms with Crippen LogP contribution in [0.5, 0.6) is 0 Å². The molecule has 0 aliphatic heterocycles. The van der Waals surface area contributed by atoms with Crippen molar-refractivity contribution in [2.45, 2.75) is 116 Å².